The summed E-state index contributed by atoms with van der Waals surface area (Å²) in [7, 11) is 0. The van der Waals surface area contributed by atoms with Gasteiger partial charge >= 0.3 is 0 Å². The zero-order valence-electron chi connectivity index (χ0n) is 15.9. The quantitative estimate of drug-likeness (QED) is 0.545. The fourth-order valence-electron chi connectivity index (χ4n) is 3.47. The lowest BCUT2D eigenvalue weighted by atomic mass is 9.92. The molecule has 0 aromatic heterocycles. The van der Waals surface area contributed by atoms with Gasteiger partial charge in [0.05, 0.1) is 22.1 Å². The van der Waals surface area contributed by atoms with E-state index in [1.807, 2.05) is 42.3 Å². The van der Waals surface area contributed by atoms with E-state index >= 15 is 0 Å². The molecule has 0 fully saturated rings. The SMILES string of the molecule is CC1=C(C(=O)[O-])C(c2ccccc2C)N2C=C(c3c(Cl)cccc3Cl)SC2=N1.Cl.Cl. The molecule has 0 spiro atoms. The molecule has 0 saturated carbocycles. The number of carboxylic acids is 1. The molecule has 2 aromatic carbocycles. The van der Waals surface area contributed by atoms with E-state index in [1.165, 1.54) is 11.8 Å². The van der Waals surface area contributed by atoms with Gasteiger partial charge in [-0.15, -0.1) is 24.8 Å². The second kappa shape index (κ2) is 9.67. The van der Waals surface area contributed by atoms with Gasteiger partial charge in [0.25, 0.3) is 0 Å². The normalized spacial score (nSPS) is 17.5. The Kier molecular flexibility index (Phi) is 7.94. The summed E-state index contributed by atoms with van der Waals surface area (Å²) in [6.45, 7) is 3.66. The van der Waals surface area contributed by atoms with E-state index in [0.29, 0.717) is 26.5 Å². The summed E-state index contributed by atoms with van der Waals surface area (Å²) in [5, 5.41) is 13.7. The van der Waals surface area contributed by atoms with E-state index in [2.05, 4.69) is 4.99 Å². The maximum atomic E-state index is 12.0. The molecule has 9 heteroatoms. The number of carbonyl (C=O) groups is 1. The van der Waals surface area contributed by atoms with Crippen LogP contribution in [0.5, 0.6) is 0 Å². The van der Waals surface area contributed by atoms with E-state index in [1.54, 1.807) is 25.1 Å². The lowest BCUT2D eigenvalue weighted by Gasteiger charge is -2.35. The predicted octanol–water partition coefficient (Wildman–Crippen LogP) is 5.63. The van der Waals surface area contributed by atoms with Crippen molar-refractivity contribution in [2.75, 3.05) is 0 Å². The molecule has 30 heavy (non-hydrogen) atoms. The average Bonchev–Trinajstić information content (AvgIpc) is 3.03. The van der Waals surface area contributed by atoms with Crippen molar-refractivity contribution >= 4 is 75.8 Å². The number of amidine groups is 1. The number of hydrogen-bond acceptors (Lipinski definition) is 5. The van der Waals surface area contributed by atoms with Gasteiger partial charge in [0, 0.05) is 27.9 Å². The molecular formula is C21H17Cl4N2O2S-. The number of hydrogen-bond donors (Lipinski definition) is 0. The number of carbonyl (C=O) groups excluding carboxylic acids is 1. The Morgan fingerprint density at radius 3 is 2.30 bits per heavy atom. The molecule has 2 aliphatic heterocycles. The first-order valence-electron chi connectivity index (χ1n) is 8.57. The molecular weight excluding hydrogens is 486 g/mol. The first-order chi connectivity index (χ1) is 13.4. The molecule has 2 aliphatic rings. The minimum Gasteiger partial charge on any atom is -0.545 e. The predicted molar refractivity (Wildman–Crippen MR) is 127 cm³/mol. The van der Waals surface area contributed by atoms with Gasteiger partial charge in [-0.25, -0.2) is 4.99 Å². The Labute approximate surface area is 201 Å². The Hall–Kier alpha value is -1.63. The first kappa shape index (κ1) is 24.6. The first-order valence-corrected chi connectivity index (χ1v) is 10.1. The highest BCUT2D eigenvalue weighted by Gasteiger charge is 2.37. The lowest BCUT2D eigenvalue weighted by molar-refractivity contribution is -0.300. The molecule has 1 atom stereocenters. The van der Waals surface area contributed by atoms with E-state index in [9.17, 15) is 9.90 Å². The fourth-order valence-corrected chi connectivity index (χ4v) is 5.32. The van der Waals surface area contributed by atoms with E-state index in [4.69, 9.17) is 23.2 Å². The standard InChI is InChI=1S/C21H16Cl2N2O2S.2ClH/c1-11-6-3-4-7-13(11)19-17(20(26)27)12(2)24-21-25(19)10-16(28-21)18-14(22)8-5-9-15(18)23;;/h3-10,19H,1-2H3,(H,26,27);2*1H/p-1. The third-order valence-electron chi connectivity index (χ3n) is 4.80. The third kappa shape index (κ3) is 4.23. The summed E-state index contributed by atoms with van der Waals surface area (Å²) in [5.74, 6) is -1.23. The molecule has 2 heterocycles. The summed E-state index contributed by atoms with van der Waals surface area (Å²) >= 11 is 14.2. The van der Waals surface area contributed by atoms with Crippen molar-refractivity contribution in [3.8, 4) is 0 Å². The zero-order valence-corrected chi connectivity index (χ0v) is 19.8. The van der Waals surface area contributed by atoms with Crippen LogP contribution in [0.4, 0.5) is 0 Å². The fraction of sp³-hybridized carbons (Fsp3) is 0.143. The van der Waals surface area contributed by atoms with E-state index in [0.717, 1.165) is 16.0 Å². The number of thioether (sulfide) groups is 1. The topological polar surface area (TPSA) is 55.7 Å². The Morgan fingerprint density at radius 1 is 1.07 bits per heavy atom. The van der Waals surface area contributed by atoms with Gasteiger partial charge in [-0.2, -0.15) is 0 Å². The molecule has 0 radical (unpaired) electrons. The summed E-state index contributed by atoms with van der Waals surface area (Å²) in [5.41, 5.74) is 3.18. The van der Waals surface area contributed by atoms with Gasteiger partial charge < -0.3 is 14.8 Å². The van der Waals surface area contributed by atoms with Crippen molar-refractivity contribution in [3.63, 3.8) is 0 Å². The van der Waals surface area contributed by atoms with Gasteiger partial charge in [0.15, 0.2) is 5.17 Å². The summed E-state index contributed by atoms with van der Waals surface area (Å²) < 4.78 is 0. The number of fused-ring (bicyclic) bond motifs is 1. The lowest BCUT2D eigenvalue weighted by Crippen LogP contribution is -2.38. The van der Waals surface area contributed by atoms with Crippen LogP contribution in [0.3, 0.4) is 0 Å². The summed E-state index contributed by atoms with van der Waals surface area (Å²) in [6, 6.07) is 12.5. The van der Waals surface area contributed by atoms with Crippen LogP contribution in [0.15, 0.2) is 64.9 Å². The third-order valence-corrected chi connectivity index (χ3v) is 6.44. The molecule has 0 amide bonds. The molecule has 4 rings (SSSR count). The highest BCUT2D eigenvalue weighted by atomic mass is 35.5. The number of allylic oxidation sites excluding steroid dienone is 1. The molecule has 1 unspecified atom stereocenters. The van der Waals surface area contributed by atoms with Crippen molar-refractivity contribution < 1.29 is 9.90 Å². The number of aliphatic carboxylic acids is 1. The van der Waals surface area contributed by atoms with Crippen LogP contribution < -0.4 is 5.11 Å². The van der Waals surface area contributed by atoms with Gasteiger partial charge in [-0.3, -0.25) is 0 Å². The molecule has 0 aliphatic carbocycles. The molecule has 0 saturated heterocycles. The Balaban J connectivity index is 0.00000160. The second-order valence-electron chi connectivity index (χ2n) is 6.54. The van der Waals surface area contributed by atoms with E-state index < -0.39 is 12.0 Å². The number of aryl methyl sites for hydroxylation is 1. The van der Waals surface area contributed by atoms with Crippen molar-refractivity contribution in [3.05, 3.63) is 86.7 Å². The van der Waals surface area contributed by atoms with Crippen LogP contribution in [0.1, 0.15) is 29.7 Å². The number of carboxylic acid groups (broad SMARTS) is 1. The van der Waals surface area contributed by atoms with Crippen LogP contribution in [-0.2, 0) is 4.79 Å². The van der Waals surface area contributed by atoms with Gasteiger partial charge in [0.2, 0.25) is 0 Å². The highest BCUT2D eigenvalue weighted by molar-refractivity contribution is 8.22. The zero-order chi connectivity index (χ0) is 20.0. The summed E-state index contributed by atoms with van der Waals surface area (Å²) in [4.78, 5) is 19.2. The largest absolute Gasteiger partial charge is 0.545 e. The Morgan fingerprint density at radius 2 is 1.70 bits per heavy atom. The number of aliphatic imine (C=N–C) groups is 1. The van der Waals surface area contributed by atoms with Gasteiger partial charge in [0.1, 0.15) is 0 Å². The minimum absolute atomic E-state index is 0. The monoisotopic (exact) mass is 501 g/mol. The van der Waals surface area contributed by atoms with Crippen molar-refractivity contribution in [1.29, 1.82) is 0 Å². The van der Waals surface area contributed by atoms with Crippen molar-refractivity contribution in [2.24, 2.45) is 4.99 Å². The minimum atomic E-state index is -1.23. The van der Waals surface area contributed by atoms with Crippen LogP contribution >= 0.6 is 59.8 Å². The molecule has 0 N–H and O–H groups in total. The number of benzene rings is 2. The number of halogens is 4. The molecule has 2 aromatic rings. The van der Waals surface area contributed by atoms with Crippen LogP contribution in [-0.4, -0.2) is 16.0 Å². The smallest absolute Gasteiger partial charge is 0.173 e. The Bertz CT molecular complexity index is 1080. The van der Waals surface area contributed by atoms with Crippen LogP contribution in [0, 0.1) is 6.92 Å². The maximum absolute atomic E-state index is 12.0. The summed E-state index contributed by atoms with van der Waals surface area (Å²) in [6.07, 6.45) is 1.86. The number of nitrogens with zero attached hydrogens (tertiary/aromatic N) is 2. The van der Waals surface area contributed by atoms with Gasteiger partial charge in [-0.05, 0) is 48.9 Å². The highest BCUT2D eigenvalue weighted by Crippen LogP contribution is 2.48. The van der Waals surface area contributed by atoms with Crippen molar-refractivity contribution in [2.45, 2.75) is 19.9 Å². The van der Waals surface area contributed by atoms with Gasteiger partial charge in [-0.1, -0.05) is 53.5 Å². The second-order valence-corrected chi connectivity index (χ2v) is 8.36. The average molecular weight is 503 g/mol. The van der Waals surface area contributed by atoms with Crippen LogP contribution in [0.25, 0.3) is 4.91 Å². The molecule has 0 bridgehead atoms. The molecule has 4 nitrogen and oxygen atoms in total. The van der Waals surface area contributed by atoms with Crippen molar-refractivity contribution in [1.82, 2.24) is 4.90 Å². The van der Waals surface area contributed by atoms with Crippen LogP contribution in [0.2, 0.25) is 10.0 Å². The molecule has 158 valence electrons. The number of rotatable bonds is 3. The van der Waals surface area contributed by atoms with E-state index in [-0.39, 0.29) is 30.4 Å². The maximum Gasteiger partial charge on any atom is 0.173 e.